The number of para-hydroxylation sites is 1. The van der Waals surface area contributed by atoms with Crippen molar-refractivity contribution < 1.29 is 17.9 Å². The first-order valence-corrected chi connectivity index (χ1v) is 13.3. The van der Waals surface area contributed by atoms with Crippen LogP contribution in [0.2, 0.25) is 0 Å². The number of rotatable bonds is 7. The zero-order valence-corrected chi connectivity index (χ0v) is 20.4. The van der Waals surface area contributed by atoms with E-state index < -0.39 is 22.0 Å². The average molecular weight is 487 g/mol. The number of carbonyl (C=O) groups is 1. The van der Waals surface area contributed by atoms with Crippen LogP contribution in [0.5, 0.6) is 11.5 Å². The monoisotopic (exact) mass is 486 g/mol. The number of aryl methyl sites for hydroxylation is 2. The molecule has 5 rings (SSSR count). The number of nitrogens with one attached hydrogen (secondary N) is 1. The van der Waals surface area contributed by atoms with E-state index in [1.54, 1.807) is 31.2 Å². The maximum atomic E-state index is 13.3. The van der Waals surface area contributed by atoms with Crippen molar-refractivity contribution in [3.05, 3.63) is 96.1 Å². The van der Waals surface area contributed by atoms with Crippen LogP contribution in [-0.4, -0.2) is 26.6 Å². The van der Waals surface area contributed by atoms with Gasteiger partial charge in [-0.15, -0.1) is 0 Å². The molecule has 0 aromatic heterocycles. The molecule has 1 aliphatic rings. The summed E-state index contributed by atoms with van der Waals surface area (Å²) in [4.78, 5) is 13.3. The van der Waals surface area contributed by atoms with Crippen LogP contribution in [0, 0.1) is 0 Å². The van der Waals surface area contributed by atoms with Crippen molar-refractivity contribution in [1.82, 2.24) is 0 Å². The molecule has 35 heavy (non-hydrogen) atoms. The summed E-state index contributed by atoms with van der Waals surface area (Å²) in [6.07, 6.45) is 3.09. The molecule has 0 bridgehead atoms. The van der Waals surface area contributed by atoms with Gasteiger partial charge in [0.15, 0.2) is 0 Å². The molecule has 0 saturated heterocycles. The van der Waals surface area contributed by atoms with Crippen molar-refractivity contribution in [2.24, 2.45) is 0 Å². The number of ether oxygens (including phenoxy) is 1. The van der Waals surface area contributed by atoms with Gasteiger partial charge in [0, 0.05) is 11.1 Å². The number of amides is 1. The Hall–Kier alpha value is -3.84. The van der Waals surface area contributed by atoms with E-state index in [0.717, 1.165) is 28.8 Å². The largest absolute Gasteiger partial charge is 0.457 e. The Morgan fingerprint density at radius 1 is 0.857 bits per heavy atom. The van der Waals surface area contributed by atoms with E-state index in [-0.39, 0.29) is 0 Å². The van der Waals surface area contributed by atoms with Gasteiger partial charge < -0.3 is 10.1 Å². The Morgan fingerprint density at radius 3 is 2.20 bits per heavy atom. The second-order valence-electron chi connectivity index (χ2n) is 8.74. The van der Waals surface area contributed by atoms with Gasteiger partial charge in [0.05, 0.1) is 11.9 Å². The highest BCUT2D eigenvalue weighted by Gasteiger charge is 2.30. The highest BCUT2D eigenvalue weighted by molar-refractivity contribution is 7.92. The maximum Gasteiger partial charge on any atom is 0.248 e. The molecule has 0 spiro atoms. The lowest BCUT2D eigenvalue weighted by Crippen LogP contribution is -2.45. The van der Waals surface area contributed by atoms with Gasteiger partial charge in [-0.2, -0.15) is 0 Å². The van der Waals surface area contributed by atoms with Gasteiger partial charge in [-0.3, -0.25) is 9.10 Å². The minimum absolute atomic E-state index is 0.385. The Bertz CT molecular complexity index is 1490. The number of sulfonamides is 1. The molecule has 7 heteroatoms. The zero-order chi connectivity index (χ0) is 24.6. The number of anilines is 2. The van der Waals surface area contributed by atoms with Gasteiger partial charge in [0.1, 0.15) is 17.5 Å². The molecule has 178 valence electrons. The Kier molecular flexibility index (Phi) is 5.94. The smallest absolute Gasteiger partial charge is 0.248 e. The molecular weight excluding hydrogens is 460 g/mol. The van der Waals surface area contributed by atoms with E-state index in [4.69, 9.17) is 4.74 Å². The summed E-state index contributed by atoms with van der Waals surface area (Å²) >= 11 is 0. The molecule has 4 aromatic rings. The van der Waals surface area contributed by atoms with Crippen molar-refractivity contribution in [3.63, 3.8) is 0 Å². The minimum Gasteiger partial charge on any atom is -0.457 e. The SMILES string of the molecule is CC(C(=O)Nc1ccc2c3c(cccc13)CC2)N(c1ccc(Oc2ccccc2)cc1)S(C)(=O)=O. The van der Waals surface area contributed by atoms with Gasteiger partial charge in [0.2, 0.25) is 15.9 Å². The second kappa shape index (κ2) is 9.07. The lowest BCUT2D eigenvalue weighted by molar-refractivity contribution is -0.116. The molecule has 6 nitrogen and oxygen atoms in total. The predicted octanol–water partition coefficient (Wildman–Crippen LogP) is 5.52. The fourth-order valence-corrected chi connectivity index (χ4v) is 5.86. The third-order valence-electron chi connectivity index (χ3n) is 6.29. The molecule has 1 aliphatic carbocycles. The first-order chi connectivity index (χ1) is 16.8. The van der Waals surface area contributed by atoms with Gasteiger partial charge in [-0.25, -0.2) is 8.42 Å². The Morgan fingerprint density at radius 2 is 1.51 bits per heavy atom. The third kappa shape index (κ3) is 4.59. The van der Waals surface area contributed by atoms with Crippen LogP contribution in [0.3, 0.4) is 0 Å². The van der Waals surface area contributed by atoms with Crippen molar-refractivity contribution >= 4 is 38.1 Å². The van der Waals surface area contributed by atoms with E-state index in [2.05, 4.69) is 11.4 Å². The fourth-order valence-electron chi connectivity index (χ4n) is 4.69. The average Bonchev–Trinajstić information content (AvgIpc) is 3.26. The summed E-state index contributed by atoms with van der Waals surface area (Å²) in [6.45, 7) is 1.59. The topological polar surface area (TPSA) is 75.7 Å². The molecule has 0 aliphatic heterocycles. The van der Waals surface area contributed by atoms with Crippen LogP contribution in [-0.2, 0) is 27.7 Å². The highest BCUT2D eigenvalue weighted by atomic mass is 32.2. The van der Waals surface area contributed by atoms with Gasteiger partial charge >= 0.3 is 0 Å². The number of hydrogen-bond donors (Lipinski definition) is 1. The second-order valence-corrected chi connectivity index (χ2v) is 10.6. The third-order valence-corrected chi connectivity index (χ3v) is 7.54. The molecule has 4 aromatic carbocycles. The summed E-state index contributed by atoms with van der Waals surface area (Å²) in [5.41, 5.74) is 3.62. The zero-order valence-electron chi connectivity index (χ0n) is 19.6. The summed E-state index contributed by atoms with van der Waals surface area (Å²) in [5, 5.41) is 5.13. The molecular formula is C28H26N2O4S. The Labute approximate surface area is 205 Å². The lowest BCUT2D eigenvalue weighted by atomic mass is 10.0. The minimum atomic E-state index is -3.74. The number of hydrogen-bond acceptors (Lipinski definition) is 4. The van der Waals surface area contributed by atoms with Crippen LogP contribution in [0.1, 0.15) is 18.1 Å². The quantitative estimate of drug-likeness (QED) is 0.373. The molecule has 1 N–H and O–H groups in total. The summed E-state index contributed by atoms with van der Waals surface area (Å²) in [6, 6.07) is 25.1. The van der Waals surface area contributed by atoms with Crippen LogP contribution >= 0.6 is 0 Å². The number of carbonyl (C=O) groups excluding carboxylic acids is 1. The van der Waals surface area contributed by atoms with Crippen LogP contribution in [0.4, 0.5) is 11.4 Å². The van der Waals surface area contributed by atoms with Crippen LogP contribution in [0.15, 0.2) is 84.9 Å². The Balaban J connectivity index is 1.40. The van der Waals surface area contributed by atoms with Gasteiger partial charge in [-0.1, -0.05) is 42.5 Å². The highest BCUT2D eigenvalue weighted by Crippen LogP contribution is 2.35. The predicted molar refractivity (Wildman–Crippen MR) is 140 cm³/mol. The van der Waals surface area contributed by atoms with E-state index in [1.807, 2.05) is 54.6 Å². The molecule has 1 amide bonds. The first-order valence-electron chi connectivity index (χ1n) is 11.5. The van der Waals surface area contributed by atoms with E-state index in [1.165, 1.54) is 16.5 Å². The maximum absolute atomic E-state index is 13.3. The summed E-state index contributed by atoms with van der Waals surface area (Å²) < 4.78 is 32.4. The molecule has 0 fully saturated rings. The number of benzene rings is 4. The number of nitrogens with zero attached hydrogens (tertiary/aromatic N) is 1. The van der Waals surface area contributed by atoms with Crippen LogP contribution in [0.25, 0.3) is 10.8 Å². The van der Waals surface area contributed by atoms with Crippen molar-refractivity contribution in [2.75, 3.05) is 15.9 Å². The summed E-state index contributed by atoms with van der Waals surface area (Å²) in [7, 11) is -3.74. The lowest BCUT2D eigenvalue weighted by Gasteiger charge is -2.28. The summed E-state index contributed by atoms with van der Waals surface area (Å²) in [5.74, 6) is 0.843. The van der Waals surface area contributed by atoms with Crippen molar-refractivity contribution in [3.8, 4) is 11.5 Å². The molecule has 0 radical (unpaired) electrons. The van der Waals surface area contributed by atoms with Gasteiger partial charge in [0.25, 0.3) is 0 Å². The standard InChI is InChI=1S/C28H26N2O4S/c1-19(28(31)29-26-18-13-21-12-11-20-7-6-10-25(26)27(20)21)30(35(2,32)33)22-14-16-24(17-15-22)34-23-8-4-3-5-9-23/h3-10,13-19H,11-12H2,1-2H3,(H,29,31). The fraction of sp³-hybridized carbons (Fsp3) is 0.179. The van der Waals surface area contributed by atoms with Crippen LogP contribution < -0.4 is 14.4 Å². The molecule has 0 heterocycles. The van der Waals surface area contributed by atoms with E-state index in [0.29, 0.717) is 22.9 Å². The first kappa shape index (κ1) is 22.9. The van der Waals surface area contributed by atoms with Crippen molar-refractivity contribution in [2.45, 2.75) is 25.8 Å². The molecule has 1 atom stereocenters. The normalized spacial score (nSPS) is 13.4. The van der Waals surface area contributed by atoms with E-state index in [9.17, 15) is 13.2 Å². The molecule has 1 unspecified atom stereocenters. The van der Waals surface area contributed by atoms with Crippen molar-refractivity contribution in [1.29, 1.82) is 0 Å². The van der Waals surface area contributed by atoms with E-state index >= 15 is 0 Å². The van der Waals surface area contributed by atoms with Gasteiger partial charge in [-0.05, 0) is 78.7 Å². The molecule has 0 saturated carbocycles.